The third kappa shape index (κ3) is 5.51. The van der Waals surface area contributed by atoms with E-state index in [-0.39, 0.29) is 11.9 Å². The van der Waals surface area contributed by atoms with Crippen molar-refractivity contribution < 1.29 is 4.79 Å². The smallest absolute Gasteiger partial charge is 0.252 e. The van der Waals surface area contributed by atoms with Crippen LogP contribution >= 0.6 is 23.4 Å². The van der Waals surface area contributed by atoms with Gasteiger partial charge in [-0.2, -0.15) is 5.10 Å². The first-order valence-electron chi connectivity index (χ1n) is 11.5. The summed E-state index contributed by atoms with van der Waals surface area (Å²) in [5.74, 6) is -0.120. The van der Waals surface area contributed by atoms with Crippen LogP contribution in [0, 0.1) is 0 Å². The van der Waals surface area contributed by atoms with Gasteiger partial charge < -0.3 is 5.32 Å². The molecule has 5 rings (SSSR count). The highest BCUT2D eigenvalue weighted by molar-refractivity contribution is 7.99. The molecule has 5 nitrogen and oxygen atoms in total. The van der Waals surface area contributed by atoms with Gasteiger partial charge in [0.25, 0.3) is 5.91 Å². The second-order valence-electron chi connectivity index (χ2n) is 8.25. The molecule has 2 N–H and O–H groups in total. The fraction of sp³-hybridized carbons (Fsp3) is 0.0690. The van der Waals surface area contributed by atoms with E-state index in [1.807, 2.05) is 97.9 Å². The summed E-state index contributed by atoms with van der Waals surface area (Å²) >= 11 is 7.54. The van der Waals surface area contributed by atoms with Crippen molar-refractivity contribution in [1.82, 2.24) is 20.5 Å². The van der Waals surface area contributed by atoms with Gasteiger partial charge in [0.2, 0.25) is 0 Å². The topological polar surface area (TPSA) is 70.7 Å². The number of H-pyrrole nitrogens is 1. The number of hydrogen-bond donors (Lipinski definition) is 2. The normalized spacial score (nSPS) is 12.2. The first-order chi connectivity index (χ1) is 17.6. The number of benzene rings is 3. The van der Waals surface area contributed by atoms with Gasteiger partial charge in [-0.05, 0) is 79.2 Å². The molecule has 3 aromatic carbocycles. The molecule has 0 aliphatic rings. The minimum atomic E-state index is -0.147. The Bertz CT molecular complexity index is 1530. The Hall–Kier alpha value is -3.87. The highest BCUT2D eigenvalue weighted by Crippen LogP contribution is 2.33. The molecule has 1 amide bonds. The Labute approximate surface area is 218 Å². The minimum Gasteiger partial charge on any atom is -0.345 e. The quantitative estimate of drug-likeness (QED) is 0.239. The van der Waals surface area contributed by atoms with Crippen molar-refractivity contribution in [1.29, 1.82) is 0 Å². The molecule has 0 fully saturated rings. The lowest BCUT2D eigenvalue weighted by atomic mass is 10.1. The van der Waals surface area contributed by atoms with Gasteiger partial charge in [0.05, 0.1) is 28.5 Å². The van der Waals surface area contributed by atoms with E-state index in [9.17, 15) is 4.79 Å². The average Bonchev–Trinajstić information content (AvgIpc) is 3.31. The zero-order valence-electron chi connectivity index (χ0n) is 19.5. The SMILES string of the molecule is CC(NC(=O)c1ccccc1Sc1ccc2c(/C=C/c3ccccn3)n[nH]c2c1)c1ccc(Cl)cc1. The molecule has 0 saturated carbocycles. The molecule has 1 unspecified atom stereocenters. The van der Waals surface area contributed by atoms with E-state index in [4.69, 9.17) is 11.6 Å². The summed E-state index contributed by atoms with van der Waals surface area (Å²) in [6.07, 6.45) is 5.66. The first-order valence-corrected chi connectivity index (χ1v) is 12.7. The van der Waals surface area contributed by atoms with Crippen molar-refractivity contribution in [2.45, 2.75) is 22.8 Å². The maximum Gasteiger partial charge on any atom is 0.252 e. The first kappa shape index (κ1) is 23.9. The standard InChI is InChI=1S/C29H23ClN4OS/c1-19(20-9-11-21(30)12-10-20)32-29(35)25-7-2-3-8-28(25)36-23-14-15-24-26(33-34-27(24)18-23)16-13-22-6-4-5-17-31-22/h2-19H,1H3,(H,32,35)(H,33,34)/b16-13+. The van der Waals surface area contributed by atoms with Gasteiger partial charge in [0.1, 0.15) is 0 Å². The molecule has 2 aromatic heterocycles. The second-order valence-corrected chi connectivity index (χ2v) is 9.80. The highest BCUT2D eigenvalue weighted by atomic mass is 35.5. The lowest BCUT2D eigenvalue weighted by Crippen LogP contribution is -2.27. The predicted octanol–water partition coefficient (Wildman–Crippen LogP) is 7.42. The van der Waals surface area contributed by atoms with Crippen molar-refractivity contribution in [2.24, 2.45) is 0 Å². The maximum absolute atomic E-state index is 13.1. The number of nitrogens with one attached hydrogen (secondary N) is 2. The number of rotatable bonds is 7. The molecule has 0 spiro atoms. The van der Waals surface area contributed by atoms with Crippen LogP contribution in [-0.2, 0) is 0 Å². The van der Waals surface area contributed by atoms with Crippen LogP contribution in [0.1, 0.15) is 40.3 Å². The van der Waals surface area contributed by atoms with Crippen LogP contribution in [0.5, 0.6) is 0 Å². The lowest BCUT2D eigenvalue weighted by Gasteiger charge is -2.16. The Morgan fingerprint density at radius 3 is 2.61 bits per heavy atom. The second kappa shape index (κ2) is 10.8. The molecule has 1 atom stereocenters. The minimum absolute atomic E-state index is 0.120. The van der Waals surface area contributed by atoms with Gasteiger partial charge in [-0.15, -0.1) is 0 Å². The Morgan fingerprint density at radius 2 is 1.81 bits per heavy atom. The van der Waals surface area contributed by atoms with E-state index in [1.54, 1.807) is 18.0 Å². The van der Waals surface area contributed by atoms with Gasteiger partial charge in [0.15, 0.2) is 0 Å². The van der Waals surface area contributed by atoms with Crippen molar-refractivity contribution in [3.63, 3.8) is 0 Å². The van der Waals surface area contributed by atoms with Crippen LogP contribution in [0.15, 0.2) is 101 Å². The van der Waals surface area contributed by atoms with Crippen LogP contribution in [0.3, 0.4) is 0 Å². The zero-order valence-corrected chi connectivity index (χ0v) is 21.1. The third-order valence-corrected chi connectivity index (χ3v) is 7.06. The van der Waals surface area contributed by atoms with Crippen molar-refractivity contribution in [3.8, 4) is 0 Å². The molecule has 5 aromatic rings. The van der Waals surface area contributed by atoms with E-state index in [1.165, 1.54) is 0 Å². The van der Waals surface area contributed by atoms with Gasteiger partial charge in [-0.3, -0.25) is 14.9 Å². The Kier molecular flexibility index (Phi) is 7.16. The van der Waals surface area contributed by atoms with E-state index in [2.05, 4.69) is 26.6 Å². The summed E-state index contributed by atoms with van der Waals surface area (Å²) in [6, 6.07) is 26.9. The summed E-state index contributed by atoms with van der Waals surface area (Å²) in [7, 11) is 0. The molecule has 36 heavy (non-hydrogen) atoms. The summed E-state index contributed by atoms with van der Waals surface area (Å²) < 4.78 is 0. The number of amides is 1. The molecule has 7 heteroatoms. The highest BCUT2D eigenvalue weighted by Gasteiger charge is 2.16. The Balaban J connectivity index is 1.33. The zero-order chi connectivity index (χ0) is 24.9. The van der Waals surface area contributed by atoms with E-state index >= 15 is 0 Å². The molecule has 0 aliphatic heterocycles. The van der Waals surface area contributed by atoms with Gasteiger partial charge in [-0.1, -0.05) is 53.7 Å². The number of fused-ring (bicyclic) bond motifs is 1. The van der Waals surface area contributed by atoms with Gasteiger partial charge in [-0.25, -0.2) is 0 Å². The molecule has 0 bridgehead atoms. The number of halogens is 1. The van der Waals surface area contributed by atoms with Crippen molar-refractivity contribution >= 4 is 52.3 Å². The lowest BCUT2D eigenvalue weighted by molar-refractivity contribution is 0.0937. The molecule has 0 radical (unpaired) electrons. The van der Waals surface area contributed by atoms with Crippen molar-refractivity contribution in [2.75, 3.05) is 0 Å². The van der Waals surface area contributed by atoms with E-state index < -0.39 is 0 Å². The van der Waals surface area contributed by atoms with E-state index in [0.29, 0.717) is 10.6 Å². The Morgan fingerprint density at radius 1 is 1.00 bits per heavy atom. The number of aromatic amines is 1. The maximum atomic E-state index is 13.1. The van der Waals surface area contributed by atoms with Gasteiger partial charge >= 0.3 is 0 Å². The summed E-state index contributed by atoms with van der Waals surface area (Å²) in [4.78, 5) is 19.3. The summed E-state index contributed by atoms with van der Waals surface area (Å²) in [5.41, 5.74) is 4.28. The molecule has 0 aliphatic carbocycles. The van der Waals surface area contributed by atoms with Crippen LogP contribution < -0.4 is 5.32 Å². The van der Waals surface area contributed by atoms with Crippen molar-refractivity contribution in [3.05, 3.63) is 119 Å². The fourth-order valence-electron chi connectivity index (χ4n) is 3.83. The third-order valence-electron chi connectivity index (χ3n) is 5.74. The monoisotopic (exact) mass is 510 g/mol. The number of aromatic nitrogens is 3. The molecular formula is C29H23ClN4OS. The van der Waals surface area contributed by atoms with Crippen LogP contribution in [0.4, 0.5) is 0 Å². The fourth-order valence-corrected chi connectivity index (χ4v) is 4.94. The predicted molar refractivity (Wildman–Crippen MR) is 147 cm³/mol. The van der Waals surface area contributed by atoms with Crippen LogP contribution in [-0.4, -0.2) is 21.1 Å². The van der Waals surface area contributed by atoms with Crippen LogP contribution in [0.25, 0.3) is 23.1 Å². The number of carbonyl (C=O) groups is 1. The molecule has 0 saturated heterocycles. The van der Waals surface area contributed by atoms with E-state index in [0.717, 1.165) is 37.6 Å². The largest absolute Gasteiger partial charge is 0.345 e. The molecule has 178 valence electrons. The average molecular weight is 511 g/mol. The van der Waals surface area contributed by atoms with Crippen LogP contribution in [0.2, 0.25) is 5.02 Å². The summed E-state index contributed by atoms with van der Waals surface area (Å²) in [6.45, 7) is 1.96. The number of hydrogen-bond acceptors (Lipinski definition) is 4. The summed E-state index contributed by atoms with van der Waals surface area (Å²) in [5, 5.41) is 12.4. The number of pyridine rings is 1. The molecular weight excluding hydrogens is 488 g/mol. The molecule has 2 heterocycles. The number of carbonyl (C=O) groups excluding carboxylic acids is 1. The number of nitrogens with zero attached hydrogens (tertiary/aromatic N) is 2. The van der Waals surface area contributed by atoms with Gasteiger partial charge in [0, 0.05) is 26.4 Å².